The van der Waals surface area contributed by atoms with E-state index in [0.29, 0.717) is 26.1 Å². The van der Waals surface area contributed by atoms with Crippen LogP contribution >= 0.6 is 0 Å². The molecule has 5 nitrogen and oxygen atoms in total. The first kappa shape index (κ1) is 15.5. The van der Waals surface area contributed by atoms with Gasteiger partial charge in [0.25, 0.3) is 0 Å². The Morgan fingerprint density at radius 2 is 2.19 bits per heavy atom. The van der Waals surface area contributed by atoms with Crippen LogP contribution in [0.25, 0.3) is 10.9 Å². The van der Waals surface area contributed by atoms with Crippen LogP contribution in [0.3, 0.4) is 0 Å². The van der Waals surface area contributed by atoms with Crippen LogP contribution in [0.2, 0.25) is 0 Å². The number of nitrogens with two attached hydrogens (primary N) is 1. The highest BCUT2D eigenvalue weighted by molar-refractivity contribution is 5.86. The van der Waals surface area contributed by atoms with Crippen molar-refractivity contribution < 1.29 is 9.53 Å². The summed E-state index contributed by atoms with van der Waals surface area (Å²) in [7, 11) is 1.63. The Hall–Kier alpha value is -1.85. The number of H-pyrrole nitrogens is 1. The summed E-state index contributed by atoms with van der Waals surface area (Å²) in [5.74, 6) is -0.0279. The van der Waals surface area contributed by atoms with Crippen LogP contribution in [0.15, 0.2) is 30.5 Å². The molecule has 2 aromatic rings. The summed E-state index contributed by atoms with van der Waals surface area (Å²) in [6.45, 7) is 3.70. The predicted molar refractivity (Wildman–Crippen MR) is 84.1 cm³/mol. The molecular weight excluding hydrogens is 266 g/mol. The van der Waals surface area contributed by atoms with Crippen molar-refractivity contribution in [3.8, 4) is 0 Å². The van der Waals surface area contributed by atoms with Crippen molar-refractivity contribution in [2.45, 2.75) is 19.4 Å². The highest BCUT2D eigenvalue weighted by Crippen LogP contribution is 2.19. The van der Waals surface area contributed by atoms with E-state index in [1.807, 2.05) is 37.4 Å². The third kappa shape index (κ3) is 3.62. The highest BCUT2D eigenvalue weighted by Gasteiger charge is 2.21. The average Bonchev–Trinajstić information content (AvgIpc) is 2.91. The Morgan fingerprint density at radius 3 is 2.90 bits per heavy atom. The Bertz CT molecular complexity index is 594. The van der Waals surface area contributed by atoms with E-state index >= 15 is 0 Å². The Morgan fingerprint density at radius 1 is 1.43 bits per heavy atom. The number of para-hydroxylation sites is 1. The number of nitrogens with zero attached hydrogens (tertiary/aromatic N) is 1. The molecule has 0 aliphatic carbocycles. The van der Waals surface area contributed by atoms with E-state index < -0.39 is 6.04 Å². The molecule has 1 atom stereocenters. The number of nitrogens with one attached hydrogen (secondary N) is 1. The fourth-order valence-electron chi connectivity index (χ4n) is 2.48. The van der Waals surface area contributed by atoms with Crippen molar-refractivity contribution in [3.05, 3.63) is 36.0 Å². The van der Waals surface area contributed by atoms with E-state index in [-0.39, 0.29) is 5.91 Å². The van der Waals surface area contributed by atoms with E-state index in [2.05, 4.69) is 4.98 Å². The number of aromatic nitrogens is 1. The van der Waals surface area contributed by atoms with Gasteiger partial charge >= 0.3 is 0 Å². The van der Waals surface area contributed by atoms with Gasteiger partial charge in [0.15, 0.2) is 0 Å². The lowest BCUT2D eigenvalue weighted by molar-refractivity contribution is -0.133. The number of carbonyl (C=O) groups excluding carboxylic acids is 1. The molecule has 0 bridgehead atoms. The lowest BCUT2D eigenvalue weighted by Gasteiger charge is -2.24. The molecular formula is C16H23N3O2. The van der Waals surface area contributed by atoms with Gasteiger partial charge in [-0.25, -0.2) is 0 Å². The van der Waals surface area contributed by atoms with E-state index in [0.717, 1.165) is 16.5 Å². The number of hydrogen-bond acceptors (Lipinski definition) is 3. The van der Waals surface area contributed by atoms with Crippen molar-refractivity contribution in [3.63, 3.8) is 0 Å². The zero-order valence-electron chi connectivity index (χ0n) is 12.6. The maximum Gasteiger partial charge on any atom is 0.239 e. The molecule has 0 saturated carbocycles. The lowest BCUT2D eigenvalue weighted by atomic mass is 10.0. The largest absolute Gasteiger partial charge is 0.383 e. The third-order valence-electron chi connectivity index (χ3n) is 3.69. The second-order valence-electron chi connectivity index (χ2n) is 5.08. The second kappa shape index (κ2) is 7.24. The second-order valence-corrected chi connectivity index (χ2v) is 5.08. The molecule has 1 aromatic heterocycles. The number of rotatable bonds is 7. The maximum absolute atomic E-state index is 12.4. The van der Waals surface area contributed by atoms with Gasteiger partial charge in [-0.15, -0.1) is 0 Å². The van der Waals surface area contributed by atoms with Crippen molar-refractivity contribution >= 4 is 16.8 Å². The van der Waals surface area contributed by atoms with Gasteiger partial charge in [-0.1, -0.05) is 18.2 Å². The van der Waals surface area contributed by atoms with Gasteiger partial charge < -0.3 is 20.4 Å². The van der Waals surface area contributed by atoms with Crippen molar-refractivity contribution in [1.29, 1.82) is 0 Å². The number of carbonyl (C=O) groups is 1. The molecule has 21 heavy (non-hydrogen) atoms. The molecule has 1 heterocycles. The molecule has 0 saturated heterocycles. The average molecular weight is 289 g/mol. The first-order valence-corrected chi connectivity index (χ1v) is 7.25. The molecule has 5 heteroatoms. The summed E-state index contributed by atoms with van der Waals surface area (Å²) in [5, 5.41) is 1.13. The molecule has 1 aromatic carbocycles. The molecule has 0 radical (unpaired) electrons. The van der Waals surface area contributed by atoms with Gasteiger partial charge in [-0.05, 0) is 25.0 Å². The fourth-order valence-corrected chi connectivity index (χ4v) is 2.48. The van der Waals surface area contributed by atoms with Gasteiger partial charge in [0.05, 0.1) is 12.6 Å². The number of methoxy groups -OCH3 is 1. The van der Waals surface area contributed by atoms with Crippen molar-refractivity contribution in [2.75, 3.05) is 26.8 Å². The fraction of sp³-hybridized carbons (Fsp3) is 0.438. The Kier molecular flexibility index (Phi) is 5.36. The maximum atomic E-state index is 12.4. The minimum atomic E-state index is -0.527. The highest BCUT2D eigenvalue weighted by atomic mass is 16.5. The van der Waals surface area contributed by atoms with Crippen LogP contribution in [0.1, 0.15) is 12.5 Å². The quantitative estimate of drug-likeness (QED) is 0.812. The summed E-state index contributed by atoms with van der Waals surface area (Å²) in [6, 6.07) is 7.51. The van der Waals surface area contributed by atoms with Crippen LogP contribution in [0.5, 0.6) is 0 Å². The third-order valence-corrected chi connectivity index (χ3v) is 3.69. The monoisotopic (exact) mass is 289 g/mol. The first-order chi connectivity index (χ1) is 10.2. The van der Waals surface area contributed by atoms with E-state index in [1.54, 1.807) is 12.0 Å². The van der Waals surface area contributed by atoms with Crippen LogP contribution in [-0.4, -0.2) is 48.6 Å². The van der Waals surface area contributed by atoms with Crippen LogP contribution < -0.4 is 5.73 Å². The van der Waals surface area contributed by atoms with Gasteiger partial charge in [-0.2, -0.15) is 0 Å². The predicted octanol–water partition coefficient (Wildman–Crippen LogP) is 1.53. The summed E-state index contributed by atoms with van der Waals surface area (Å²) in [6.07, 6.45) is 2.47. The topological polar surface area (TPSA) is 71.3 Å². The first-order valence-electron chi connectivity index (χ1n) is 7.25. The summed E-state index contributed by atoms with van der Waals surface area (Å²) in [5.41, 5.74) is 8.25. The van der Waals surface area contributed by atoms with Gasteiger partial charge in [-0.3, -0.25) is 4.79 Å². The van der Waals surface area contributed by atoms with E-state index in [1.165, 1.54) is 0 Å². The van der Waals surface area contributed by atoms with Crippen LogP contribution in [0, 0.1) is 0 Å². The molecule has 0 unspecified atom stereocenters. The minimum absolute atomic E-state index is 0.0279. The van der Waals surface area contributed by atoms with Crippen molar-refractivity contribution in [1.82, 2.24) is 9.88 Å². The minimum Gasteiger partial charge on any atom is -0.383 e. The Labute approximate surface area is 125 Å². The molecule has 0 aliphatic rings. The van der Waals surface area contributed by atoms with Crippen molar-refractivity contribution in [2.24, 2.45) is 5.73 Å². The van der Waals surface area contributed by atoms with E-state index in [9.17, 15) is 4.79 Å². The number of benzene rings is 1. The molecule has 1 amide bonds. The number of amides is 1. The summed E-state index contributed by atoms with van der Waals surface area (Å²) in [4.78, 5) is 17.3. The number of fused-ring (bicyclic) bond motifs is 1. The number of likely N-dealkylation sites (N-methyl/N-ethyl adjacent to an activating group) is 1. The SMILES string of the molecule is CCN(CCOC)C(=O)[C@H](N)Cc1c[nH]c2ccccc12. The molecule has 0 fully saturated rings. The van der Waals surface area contributed by atoms with Gasteiger partial charge in [0.2, 0.25) is 5.91 Å². The van der Waals surface area contributed by atoms with Crippen LogP contribution in [0.4, 0.5) is 0 Å². The molecule has 0 aliphatic heterocycles. The smallest absolute Gasteiger partial charge is 0.239 e. The standard InChI is InChI=1S/C16H23N3O2/c1-3-19(8-9-21-2)16(20)14(17)10-12-11-18-15-7-5-4-6-13(12)15/h4-7,11,14,18H,3,8-10,17H2,1-2H3/t14-/m1/s1. The number of ether oxygens (including phenoxy) is 1. The lowest BCUT2D eigenvalue weighted by Crippen LogP contribution is -2.46. The molecule has 2 rings (SSSR count). The summed E-state index contributed by atoms with van der Waals surface area (Å²) < 4.78 is 5.03. The van der Waals surface area contributed by atoms with E-state index in [4.69, 9.17) is 10.5 Å². The normalized spacial score (nSPS) is 12.5. The molecule has 114 valence electrons. The zero-order valence-corrected chi connectivity index (χ0v) is 12.6. The zero-order chi connectivity index (χ0) is 15.2. The Balaban J connectivity index is 2.06. The number of aromatic amines is 1. The molecule has 3 N–H and O–H groups in total. The summed E-state index contributed by atoms with van der Waals surface area (Å²) >= 11 is 0. The number of hydrogen-bond donors (Lipinski definition) is 2. The van der Waals surface area contributed by atoms with Crippen LogP contribution in [-0.2, 0) is 16.0 Å². The molecule has 0 spiro atoms. The van der Waals surface area contributed by atoms with Gasteiger partial charge in [0, 0.05) is 37.3 Å². The van der Waals surface area contributed by atoms with Gasteiger partial charge in [0.1, 0.15) is 0 Å².